The minimum Gasteiger partial charge on any atom is -0.325 e. The summed E-state index contributed by atoms with van der Waals surface area (Å²) in [4.78, 5) is 0. The Hall–Kier alpha value is -1.24. The van der Waals surface area contributed by atoms with E-state index in [1.807, 2.05) is 0 Å². The van der Waals surface area contributed by atoms with E-state index in [1.54, 1.807) is 0 Å². The molecule has 0 unspecified atom stereocenters. The summed E-state index contributed by atoms with van der Waals surface area (Å²) in [5, 5.41) is 0. The minimum absolute atomic E-state index is 0.231. The third-order valence-corrected chi connectivity index (χ3v) is 2.10. The molecule has 0 amide bonds. The van der Waals surface area contributed by atoms with E-state index >= 15 is 0 Å². The average Bonchev–Trinajstić information content (AvgIpc) is 2.15. The first-order valence-corrected chi connectivity index (χ1v) is 4.59. The third kappa shape index (κ3) is 3.62. The predicted octanol–water partition coefficient (Wildman–Crippen LogP) is 2.98. The lowest BCUT2D eigenvalue weighted by atomic mass is 10.0. The van der Waals surface area contributed by atoms with Crippen LogP contribution in [0.2, 0.25) is 0 Å². The van der Waals surface area contributed by atoms with E-state index in [4.69, 9.17) is 5.73 Å². The molecule has 0 radical (unpaired) electrons. The molecule has 1 aromatic carbocycles. The zero-order valence-corrected chi connectivity index (χ0v) is 8.49. The summed E-state index contributed by atoms with van der Waals surface area (Å²) in [5.41, 5.74) is 3.06. The van der Waals surface area contributed by atoms with Gasteiger partial charge in [-0.3, -0.25) is 0 Å². The number of benzene rings is 1. The molecule has 0 bridgehead atoms. The van der Waals surface area contributed by atoms with Gasteiger partial charge in [0.15, 0.2) is 0 Å². The molecule has 0 atom stereocenters. The molecule has 96 valence electrons. The Morgan fingerprint density at radius 2 is 1.65 bits per heavy atom. The van der Waals surface area contributed by atoms with Crippen molar-refractivity contribution in [3.8, 4) is 0 Å². The SMILES string of the molecule is NCC(F)(F)Cc1ccc(C(F)(F)F)c(F)c1. The van der Waals surface area contributed by atoms with Gasteiger partial charge >= 0.3 is 6.18 Å². The monoisotopic (exact) mass is 257 g/mol. The van der Waals surface area contributed by atoms with Gasteiger partial charge in [-0.05, 0) is 17.7 Å². The number of halogens is 6. The quantitative estimate of drug-likeness (QED) is 0.828. The first-order valence-electron chi connectivity index (χ1n) is 4.59. The molecule has 1 nitrogen and oxygen atoms in total. The van der Waals surface area contributed by atoms with Crippen LogP contribution >= 0.6 is 0 Å². The summed E-state index contributed by atoms with van der Waals surface area (Å²) in [7, 11) is 0. The van der Waals surface area contributed by atoms with Crippen LogP contribution in [0, 0.1) is 5.82 Å². The van der Waals surface area contributed by atoms with Crippen LogP contribution in [-0.2, 0) is 12.6 Å². The Balaban J connectivity index is 2.98. The molecule has 0 heterocycles. The van der Waals surface area contributed by atoms with Crippen molar-refractivity contribution in [2.45, 2.75) is 18.5 Å². The van der Waals surface area contributed by atoms with E-state index < -0.39 is 36.4 Å². The molecular formula is C10H9F6N. The molecule has 0 saturated carbocycles. The van der Waals surface area contributed by atoms with E-state index in [-0.39, 0.29) is 5.56 Å². The van der Waals surface area contributed by atoms with Crippen molar-refractivity contribution in [2.75, 3.05) is 6.54 Å². The third-order valence-electron chi connectivity index (χ3n) is 2.10. The normalized spacial score (nSPS) is 12.9. The second-order valence-electron chi connectivity index (χ2n) is 3.55. The molecule has 0 saturated heterocycles. The summed E-state index contributed by atoms with van der Waals surface area (Å²) in [5.74, 6) is -4.82. The van der Waals surface area contributed by atoms with Crippen LogP contribution in [0.25, 0.3) is 0 Å². The lowest BCUT2D eigenvalue weighted by molar-refractivity contribution is -0.140. The topological polar surface area (TPSA) is 26.0 Å². The summed E-state index contributed by atoms with van der Waals surface area (Å²) < 4.78 is 75.2. The highest BCUT2D eigenvalue weighted by Crippen LogP contribution is 2.32. The van der Waals surface area contributed by atoms with Crippen molar-refractivity contribution in [2.24, 2.45) is 5.73 Å². The maximum Gasteiger partial charge on any atom is 0.419 e. The van der Waals surface area contributed by atoms with Crippen LogP contribution in [0.4, 0.5) is 26.3 Å². The summed E-state index contributed by atoms with van der Waals surface area (Å²) >= 11 is 0. The fourth-order valence-corrected chi connectivity index (χ4v) is 1.27. The van der Waals surface area contributed by atoms with Gasteiger partial charge in [-0.2, -0.15) is 13.2 Å². The molecule has 0 aliphatic heterocycles. The lowest BCUT2D eigenvalue weighted by Crippen LogP contribution is -2.30. The summed E-state index contributed by atoms with van der Waals surface area (Å²) in [6, 6.07) is 1.71. The molecular weight excluding hydrogens is 248 g/mol. The van der Waals surface area contributed by atoms with Gasteiger partial charge in [-0.25, -0.2) is 13.2 Å². The van der Waals surface area contributed by atoms with E-state index in [0.29, 0.717) is 12.1 Å². The molecule has 0 aliphatic rings. The van der Waals surface area contributed by atoms with Crippen LogP contribution in [0.1, 0.15) is 11.1 Å². The Morgan fingerprint density at radius 3 is 2.06 bits per heavy atom. The van der Waals surface area contributed by atoms with Gasteiger partial charge in [0, 0.05) is 6.42 Å². The summed E-state index contributed by atoms with van der Waals surface area (Å²) in [6.45, 7) is -0.949. The Morgan fingerprint density at radius 1 is 1.06 bits per heavy atom. The molecule has 17 heavy (non-hydrogen) atoms. The maximum absolute atomic E-state index is 13.0. The molecule has 0 aromatic heterocycles. The van der Waals surface area contributed by atoms with Crippen LogP contribution in [0.3, 0.4) is 0 Å². The minimum atomic E-state index is -4.83. The van der Waals surface area contributed by atoms with Gasteiger partial charge in [-0.15, -0.1) is 0 Å². The van der Waals surface area contributed by atoms with Crippen LogP contribution in [0.5, 0.6) is 0 Å². The number of rotatable bonds is 3. The standard InChI is InChI=1S/C10H9F6N/c11-8-3-6(4-9(12,13)5-17)1-2-7(8)10(14,15)16/h1-3H,4-5,17H2. The first-order chi connectivity index (χ1) is 7.65. The van der Waals surface area contributed by atoms with Crippen LogP contribution in [0.15, 0.2) is 18.2 Å². The fourth-order valence-electron chi connectivity index (χ4n) is 1.27. The molecule has 0 spiro atoms. The van der Waals surface area contributed by atoms with Crippen LogP contribution in [-0.4, -0.2) is 12.5 Å². The molecule has 1 aromatic rings. The average molecular weight is 257 g/mol. The van der Waals surface area contributed by atoms with Gasteiger partial charge in [0.2, 0.25) is 0 Å². The Bertz CT molecular complexity index is 398. The highest BCUT2D eigenvalue weighted by molar-refractivity contribution is 5.27. The van der Waals surface area contributed by atoms with Gasteiger partial charge < -0.3 is 5.73 Å². The number of alkyl halides is 5. The van der Waals surface area contributed by atoms with E-state index in [1.165, 1.54) is 0 Å². The number of hydrogen-bond acceptors (Lipinski definition) is 1. The van der Waals surface area contributed by atoms with E-state index in [0.717, 1.165) is 6.07 Å². The first kappa shape index (κ1) is 13.8. The molecule has 2 N–H and O–H groups in total. The van der Waals surface area contributed by atoms with Crippen molar-refractivity contribution in [1.82, 2.24) is 0 Å². The van der Waals surface area contributed by atoms with Gasteiger partial charge in [0.05, 0.1) is 12.1 Å². The summed E-state index contributed by atoms with van der Waals surface area (Å²) in [6.07, 6.45) is -5.72. The molecule has 0 aliphatic carbocycles. The lowest BCUT2D eigenvalue weighted by Gasteiger charge is -2.14. The van der Waals surface area contributed by atoms with Crippen molar-refractivity contribution < 1.29 is 26.3 Å². The van der Waals surface area contributed by atoms with Crippen molar-refractivity contribution in [3.05, 3.63) is 35.1 Å². The van der Waals surface area contributed by atoms with Crippen molar-refractivity contribution in [1.29, 1.82) is 0 Å². The fraction of sp³-hybridized carbons (Fsp3) is 0.400. The van der Waals surface area contributed by atoms with Gasteiger partial charge in [0.1, 0.15) is 5.82 Å². The zero-order valence-electron chi connectivity index (χ0n) is 8.49. The molecule has 1 rings (SSSR count). The maximum atomic E-state index is 13.0. The highest BCUT2D eigenvalue weighted by Gasteiger charge is 2.34. The Kier molecular flexibility index (Phi) is 3.71. The van der Waals surface area contributed by atoms with E-state index in [2.05, 4.69) is 0 Å². The van der Waals surface area contributed by atoms with Crippen molar-refractivity contribution in [3.63, 3.8) is 0 Å². The number of nitrogens with two attached hydrogens (primary N) is 1. The molecule has 7 heteroatoms. The second-order valence-corrected chi connectivity index (χ2v) is 3.55. The largest absolute Gasteiger partial charge is 0.419 e. The van der Waals surface area contributed by atoms with Gasteiger partial charge in [0.25, 0.3) is 5.92 Å². The highest BCUT2D eigenvalue weighted by atomic mass is 19.4. The van der Waals surface area contributed by atoms with Gasteiger partial charge in [-0.1, -0.05) is 6.07 Å². The zero-order chi connectivity index (χ0) is 13.3. The molecule has 0 fully saturated rings. The van der Waals surface area contributed by atoms with Crippen molar-refractivity contribution >= 4 is 0 Å². The smallest absolute Gasteiger partial charge is 0.325 e. The Labute approximate surface area is 93.2 Å². The van der Waals surface area contributed by atoms with E-state index in [9.17, 15) is 26.3 Å². The second kappa shape index (κ2) is 4.56. The van der Waals surface area contributed by atoms with Crippen LogP contribution < -0.4 is 5.73 Å². The predicted molar refractivity (Wildman–Crippen MR) is 49.1 cm³/mol. The number of hydrogen-bond donors (Lipinski definition) is 1.